The zero-order valence-corrected chi connectivity index (χ0v) is 12.6. The van der Waals surface area contributed by atoms with Crippen LogP contribution in [0.5, 0.6) is 5.75 Å². The summed E-state index contributed by atoms with van der Waals surface area (Å²) in [5.41, 5.74) is 6.59. The van der Waals surface area contributed by atoms with Gasteiger partial charge in [-0.25, -0.2) is 4.79 Å². The van der Waals surface area contributed by atoms with Crippen molar-refractivity contribution < 1.29 is 14.3 Å². The minimum atomic E-state index is -0.378. The molecule has 1 atom stereocenters. The monoisotopic (exact) mass is 279 g/mol. The van der Waals surface area contributed by atoms with Gasteiger partial charge < -0.3 is 15.2 Å². The van der Waals surface area contributed by atoms with Crippen molar-refractivity contribution >= 4 is 11.7 Å². The Labute approximate surface area is 121 Å². The number of esters is 1. The first-order valence-corrected chi connectivity index (χ1v) is 7.22. The van der Waals surface area contributed by atoms with E-state index in [2.05, 4.69) is 13.8 Å². The van der Waals surface area contributed by atoms with E-state index >= 15 is 0 Å². The van der Waals surface area contributed by atoms with E-state index < -0.39 is 0 Å². The van der Waals surface area contributed by atoms with E-state index in [1.165, 1.54) is 0 Å². The number of hydrogen-bond donors (Lipinski definition) is 1. The maximum Gasteiger partial charge on any atom is 0.340 e. The number of ether oxygens (including phenoxy) is 2. The summed E-state index contributed by atoms with van der Waals surface area (Å²) in [6.45, 7) is 4.73. The molecule has 0 aliphatic heterocycles. The zero-order chi connectivity index (χ0) is 15.0. The van der Waals surface area contributed by atoms with Crippen molar-refractivity contribution in [1.29, 1.82) is 0 Å². The average Bonchev–Trinajstić information content (AvgIpc) is 2.47. The highest BCUT2D eigenvalue weighted by atomic mass is 16.5. The average molecular weight is 279 g/mol. The van der Waals surface area contributed by atoms with Crippen LogP contribution in [0.4, 0.5) is 5.69 Å². The van der Waals surface area contributed by atoms with Crippen LogP contribution < -0.4 is 10.5 Å². The molecule has 112 valence electrons. The van der Waals surface area contributed by atoms with E-state index in [4.69, 9.17) is 15.2 Å². The van der Waals surface area contributed by atoms with E-state index in [9.17, 15) is 4.79 Å². The fourth-order valence-corrected chi connectivity index (χ4v) is 2.01. The first-order valence-electron chi connectivity index (χ1n) is 7.22. The number of carbonyl (C=O) groups excluding carboxylic acids is 1. The quantitative estimate of drug-likeness (QED) is 0.583. The lowest BCUT2D eigenvalue weighted by molar-refractivity contribution is 0.0429. The lowest BCUT2D eigenvalue weighted by Crippen LogP contribution is -2.15. The van der Waals surface area contributed by atoms with Crippen LogP contribution in [0.2, 0.25) is 0 Å². The number of unbranched alkanes of at least 4 members (excludes halogenated alkanes) is 1. The number of methoxy groups -OCH3 is 1. The van der Waals surface area contributed by atoms with Gasteiger partial charge in [0, 0.05) is 5.69 Å². The molecule has 4 heteroatoms. The molecule has 0 bridgehead atoms. The largest absolute Gasteiger partial charge is 0.497 e. The van der Waals surface area contributed by atoms with Crippen molar-refractivity contribution in [3.8, 4) is 5.75 Å². The highest BCUT2D eigenvalue weighted by Crippen LogP contribution is 2.21. The highest BCUT2D eigenvalue weighted by molar-refractivity contribution is 5.95. The molecule has 0 fully saturated rings. The second-order valence-electron chi connectivity index (χ2n) is 4.97. The Morgan fingerprint density at radius 2 is 2.10 bits per heavy atom. The fraction of sp³-hybridized carbons (Fsp3) is 0.562. The third kappa shape index (κ3) is 4.76. The van der Waals surface area contributed by atoms with Gasteiger partial charge in [0.1, 0.15) is 5.75 Å². The first-order chi connectivity index (χ1) is 9.62. The van der Waals surface area contributed by atoms with Crippen LogP contribution in [-0.4, -0.2) is 19.7 Å². The Bertz CT molecular complexity index is 432. The van der Waals surface area contributed by atoms with Crippen molar-refractivity contribution in [2.24, 2.45) is 5.92 Å². The Hall–Kier alpha value is -1.71. The minimum Gasteiger partial charge on any atom is -0.497 e. The summed E-state index contributed by atoms with van der Waals surface area (Å²) in [6, 6.07) is 5.00. The summed E-state index contributed by atoms with van der Waals surface area (Å²) in [7, 11) is 1.55. The van der Waals surface area contributed by atoms with E-state index in [1.807, 2.05) is 0 Å². The Balaban J connectivity index is 2.61. The summed E-state index contributed by atoms with van der Waals surface area (Å²) in [5.74, 6) is 0.645. The highest BCUT2D eigenvalue weighted by Gasteiger charge is 2.15. The van der Waals surface area contributed by atoms with Gasteiger partial charge in [0.2, 0.25) is 0 Å². The third-order valence-corrected chi connectivity index (χ3v) is 3.47. The van der Waals surface area contributed by atoms with E-state index in [0.29, 0.717) is 29.5 Å². The standard InChI is InChI=1S/C16H25NO3/c1-4-6-7-12(5-2)11-20-16(18)14-10-13(19-3)8-9-15(14)17/h8-10,12H,4-7,11,17H2,1-3H3. The van der Waals surface area contributed by atoms with Gasteiger partial charge in [-0.05, 0) is 30.5 Å². The molecule has 0 heterocycles. The molecular formula is C16H25NO3. The molecule has 1 rings (SSSR count). The van der Waals surface area contributed by atoms with Crippen molar-refractivity contribution in [2.75, 3.05) is 19.5 Å². The smallest absolute Gasteiger partial charge is 0.340 e. The topological polar surface area (TPSA) is 61.5 Å². The number of carbonyl (C=O) groups is 1. The predicted molar refractivity (Wildman–Crippen MR) is 81.0 cm³/mol. The number of anilines is 1. The molecule has 0 amide bonds. The van der Waals surface area contributed by atoms with E-state index in [-0.39, 0.29) is 5.97 Å². The van der Waals surface area contributed by atoms with Crippen molar-refractivity contribution in [1.82, 2.24) is 0 Å². The number of nitrogens with two attached hydrogens (primary N) is 1. The number of hydrogen-bond acceptors (Lipinski definition) is 4. The van der Waals surface area contributed by atoms with Crippen LogP contribution >= 0.6 is 0 Å². The van der Waals surface area contributed by atoms with Crippen LogP contribution in [-0.2, 0) is 4.74 Å². The van der Waals surface area contributed by atoms with Crippen molar-refractivity contribution in [3.05, 3.63) is 23.8 Å². The summed E-state index contributed by atoms with van der Waals surface area (Å²) < 4.78 is 10.5. The van der Waals surface area contributed by atoms with Crippen LogP contribution in [0.15, 0.2) is 18.2 Å². The summed E-state index contributed by atoms with van der Waals surface area (Å²) >= 11 is 0. The van der Waals surface area contributed by atoms with Crippen molar-refractivity contribution in [3.63, 3.8) is 0 Å². The van der Waals surface area contributed by atoms with E-state index in [1.54, 1.807) is 25.3 Å². The Morgan fingerprint density at radius 3 is 2.70 bits per heavy atom. The van der Waals surface area contributed by atoms with Gasteiger partial charge in [-0.2, -0.15) is 0 Å². The third-order valence-electron chi connectivity index (χ3n) is 3.47. The van der Waals surface area contributed by atoms with Crippen LogP contribution in [0, 0.1) is 5.92 Å². The lowest BCUT2D eigenvalue weighted by atomic mass is 10.0. The van der Waals surface area contributed by atoms with Gasteiger partial charge >= 0.3 is 5.97 Å². The summed E-state index contributed by atoms with van der Waals surface area (Å²) in [6.07, 6.45) is 4.43. The number of benzene rings is 1. The predicted octanol–water partition coefficient (Wildman–Crippen LogP) is 3.65. The molecule has 20 heavy (non-hydrogen) atoms. The van der Waals surface area contributed by atoms with Gasteiger partial charge in [0.15, 0.2) is 0 Å². The van der Waals surface area contributed by atoms with Gasteiger partial charge in [-0.15, -0.1) is 0 Å². The second-order valence-corrected chi connectivity index (χ2v) is 4.97. The molecule has 1 aromatic carbocycles. The molecule has 1 aromatic rings. The fourth-order valence-electron chi connectivity index (χ4n) is 2.01. The molecule has 4 nitrogen and oxygen atoms in total. The lowest BCUT2D eigenvalue weighted by Gasteiger charge is -2.15. The molecule has 0 aromatic heterocycles. The summed E-state index contributed by atoms with van der Waals surface area (Å²) in [4.78, 5) is 12.1. The molecular weight excluding hydrogens is 254 g/mol. The Kier molecular flexibility index (Phi) is 6.91. The maximum atomic E-state index is 12.1. The molecule has 0 saturated heterocycles. The molecule has 0 spiro atoms. The molecule has 0 saturated carbocycles. The minimum absolute atomic E-state index is 0.370. The van der Waals surface area contributed by atoms with Crippen LogP contribution in [0.25, 0.3) is 0 Å². The molecule has 0 aliphatic carbocycles. The van der Waals surface area contributed by atoms with Gasteiger partial charge in [0.25, 0.3) is 0 Å². The first kappa shape index (κ1) is 16.3. The normalized spacial score (nSPS) is 11.9. The molecule has 0 radical (unpaired) electrons. The second kappa shape index (κ2) is 8.46. The zero-order valence-electron chi connectivity index (χ0n) is 12.6. The molecule has 2 N–H and O–H groups in total. The number of nitrogen functional groups attached to an aromatic ring is 1. The SMILES string of the molecule is CCCCC(CC)COC(=O)c1cc(OC)ccc1N. The van der Waals surface area contributed by atoms with Gasteiger partial charge in [-0.1, -0.05) is 33.1 Å². The van der Waals surface area contributed by atoms with Crippen molar-refractivity contribution in [2.45, 2.75) is 39.5 Å². The maximum absolute atomic E-state index is 12.1. The molecule has 1 unspecified atom stereocenters. The van der Waals surface area contributed by atoms with Crippen LogP contribution in [0.1, 0.15) is 49.9 Å². The number of rotatable bonds is 8. The summed E-state index contributed by atoms with van der Waals surface area (Å²) in [5, 5.41) is 0. The van der Waals surface area contributed by atoms with Gasteiger partial charge in [-0.3, -0.25) is 0 Å². The van der Waals surface area contributed by atoms with Crippen LogP contribution in [0.3, 0.4) is 0 Å². The van der Waals surface area contributed by atoms with E-state index in [0.717, 1.165) is 25.7 Å². The Morgan fingerprint density at radius 1 is 1.35 bits per heavy atom. The molecule has 0 aliphatic rings. The van der Waals surface area contributed by atoms with Gasteiger partial charge in [0.05, 0.1) is 19.3 Å².